The van der Waals surface area contributed by atoms with Gasteiger partial charge in [-0.05, 0) is 52.9 Å². The summed E-state index contributed by atoms with van der Waals surface area (Å²) in [4.78, 5) is 9.92. The molecule has 0 unspecified atom stereocenters. The number of ether oxygens (including phenoxy) is 2. The summed E-state index contributed by atoms with van der Waals surface area (Å²) in [6, 6.07) is 1.42. The topological polar surface area (TPSA) is 49.3 Å². The molecular weight excluding hydrogens is 328 g/mol. The quantitative estimate of drug-likeness (QED) is 0.345. The first-order valence-electron chi connectivity index (χ1n) is 10.5. The average molecular weight is 369 g/mol. The molecule has 0 atom stereocenters. The van der Waals surface area contributed by atoms with Crippen LogP contribution in [0.25, 0.3) is 0 Å². The van der Waals surface area contributed by atoms with E-state index < -0.39 is 0 Å². The highest BCUT2D eigenvalue weighted by Gasteiger charge is 2.30. The normalized spacial score (nSPS) is 19.6. The van der Waals surface area contributed by atoms with E-state index >= 15 is 0 Å². The Balaban J connectivity index is 1.74. The SMILES string of the molecule is CCNC(=NCCN(C(C)C)C1CC1)N1CCC(OCCCOC)CC1. The van der Waals surface area contributed by atoms with E-state index in [1.54, 1.807) is 7.11 Å². The zero-order valence-electron chi connectivity index (χ0n) is 17.4. The lowest BCUT2D eigenvalue weighted by atomic mass is 10.1. The Hall–Kier alpha value is -0.850. The van der Waals surface area contributed by atoms with Crippen molar-refractivity contribution in [3.05, 3.63) is 0 Å². The van der Waals surface area contributed by atoms with Crippen LogP contribution in [0.1, 0.15) is 52.9 Å². The lowest BCUT2D eigenvalue weighted by Crippen LogP contribution is -2.47. The van der Waals surface area contributed by atoms with Gasteiger partial charge in [0.15, 0.2) is 5.96 Å². The summed E-state index contributed by atoms with van der Waals surface area (Å²) < 4.78 is 11.1. The minimum atomic E-state index is 0.386. The number of hydrogen-bond acceptors (Lipinski definition) is 4. The largest absolute Gasteiger partial charge is 0.385 e. The van der Waals surface area contributed by atoms with Crippen LogP contribution < -0.4 is 5.32 Å². The van der Waals surface area contributed by atoms with Crippen LogP contribution in [0.2, 0.25) is 0 Å². The summed E-state index contributed by atoms with van der Waals surface area (Å²) >= 11 is 0. The van der Waals surface area contributed by atoms with Crippen molar-refractivity contribution in [1.82, 2.24) is 15.1 Å². The van der Waals surface area contributed by atoms with Crippen LogP contribution in [0.4, 0.5) is 0 Å². The molecule has 6 heteroatoms. The molecule has 0 bridgehead atoms. The Kier molecular flexibility index (Phi) is 9.72. The van der Waals surface area contributed by atoms with Crippen LogP contribution >= 0.6 is 0 Å². The lowest BCUT2D eigenvalue weighted by Gasteiger charge is -2.34. The number of nitrogens with zero attached hydrogens (tertiary/aromatic N) is 3. The number of aliphatic imine (C=N–C) groups is 1. The van der Waals surface area contributed by atoms with E-state index in [1.165, 1.54) is 12.8 Å². The second-order valence-electron chi connectivity index (χ2n) is 7.70. The molecule has 152 valence electrons. The monoisotopic (exact) mass is 368 g/mol. The first-order chi connectivity index (χ1) is 12.7. The molecule has 1 saturated carbocycles. The number of methoxy groups -OCH3 is 1. The number of hydrogen-bond donors (Lipinski definition) is 1. The zero-order chi connectivity index (χ0) is 18.8. The molecule has 0 aromatic heterocycles. The number of likely N-dealkylation sites (tertiary alicyclic amines) is 1. The maximum absolute atomic E-state index is 5.97. The second kappa shape index (κ2) is 11.8. The first kappa shape index (κ1) is 21.5. The third-order valence-corrected chi connectivity index (χ3v) is 5.22. The second-order valence-corrected chi connectivity index (χ2v) is 7.70. The summed E-state index contributed by atoms with van der Waals surface area (Å²) in [6.45, 7) is 13.2. The van der Waals surface area contributed by atoms with Gasteiger partial charge < -0.3 is 19.7 Å². The standard InChI is InChI=1S/C20H40N4O2/c1-5-21-20(22-11-14-24(17(2)3)18-7-8-18)23-12-9-19(10-13-23)26-16-6-15-25-4/h17-19H,5-16H2,1-4H3,(H,21,22). The van der Waals surface area contributed by atoms with Crippen molar-refractivity contribution in [2.45, 2.75) is 71.1 Å². The Morgan fingerprint density at radius 1 is 1.19 bits per heavy atom. The van der Waals surface area contributed by atoms with Gasteiger partial charge in [-0.2, -0.15) is 0 Å². The van der Waals surface area contributed by atoms with Gasteiger partial charge in [-0.25, -0.2) is 0 Å². The van der Waals surface area contributed by atoms with Crippen LogP contribution in [-0.4, -0.2) is 87.0 Å². The Morgan fingerprint density at radius 3 is 2.50 bits per heavy atom. The predicted octanol–water partition coefficient (Wildman–Crippen LogP) is 2.34. The van der Waals surface area contributed by atoms with Crippen LogP contribution in [0, 0.1) is 0 Å². The number of nitrogens with one attached hydrogen (secondary N) is 1. The molecule has 1 aliphatic carbocycles. The van der Waals surface area contributed by atoms with E-state index in [0.29, 0.717) is 12.1 Å². The maximum Gasteiger partial charge on any atom is 0.193 e. The van der Waals surface area contributed by atoms with Crippen molar-refractivity contribution >= 4 is 5.96 Å². The van der Waals surface area contributed by atoms with Crippen molar-refractivity contribution in [2.75, 3.05) is 53.0 Å². The molecule has 1 saturated heterocycles. The van der Waals surface area contributed by atoms with Gasteiger partial charge in [-0.3, -0.25) is 9.89 Å². The van der Waals surface area contributed by atoms with E-state index in [1.807, 2.05) is 0 Å². The summed E-state index contributed by atoms with van der Waals surface area (Å²) in [5, 5.41) is 3.47. The molecule has 1 aliphatic heterocycles. The lowest BCUT2D eigenvalue weighted by molar-refractivity contribution is 0.00989. The van der Waals surface area contributed by atoms with E-state index in [0.717, 1.165) is 77.2 Å². The van der Waals surface area contributed by atoms with Crippen LogP contribution in [0.15, 0.2) is 4.99 Å². The van der Waals surface area contributed by atoms with Gasteiger partial charge in [0.25, 0.3) is 0 Å². The minimum Gasteiger partial charge on any atom is -0.385 e. The smallest absolute Gasteiger partial charge is 0.193 e. The highest BCUT2D eigenvalue weighted by atomic mass is 16.5. The van der Waals surface area contributed by atoms with Crippen molar-refractivity contribution < 1.29 is 9.47 Å². The molecule has 2 aliphatic rings. The molecule has 0 radical (unpaired) electrons. The van der Waals surface area contributed by atoms with Gasteiger partial charge in [-0.1, -0.05) is 0 Å². The van der Waals surface area contributed by atoms with Crippen LogP contribution in [-0.2, 0) is 9.47 Å². The molecule has 26 heavy (non-hydrogen) atoms. The average Bonchev–Trinajstić information content (AvgIpc) is 3.46. The van der Waals surface area contributed by atoms with Crippen molar-refractivity contribution in [3.8, 4) is 0 Å². The summed E-state index contributed by atoms with van der Waals surface area (Å²) in [5.74, 6) is 1.07. The van der Waals surface area contributed by atoms with Gasteiger partial charge >= 0.3 is 0 Å². The fraction of sp³-hybridized carbons (Fsp3) is 0.950. The summed E-state index contributed by atoms with van der Waals surface area (Å²) in [6.07, 6.45) is 6.25. The summed E-state index contributed by atoms with van der Waals surface area (Å²) in [5.41, 5.74) is 0. The molecular formula is C20H40N4O2. The zero-order valence-corrected chi connectivity index (χ0v) is 17.4. The molecule has 2 fully saturated rings. The Labute approximate surface area is 160 Å². The highest BCUT2D eigenvalue weighted by molar-refractivity contribution is 5.80. The third kappa shape index (κ3) is 7.41. The number of rotatable bonds is 11. The predicted molar refractivity (Wildman–Crippen MR) is 108 cm³/mol. The van der Waals surface area contributed by atoms with Gasteiger partial charge in [0.1, 0.15) is 0 Å². The van der Waals surface area contributed by atoms with E-state index in [2.05, 4.69) is 35.9 Å². The first-order valence-corrected chi connectivity index (χ1v) is 10.5. The Morgan fingerprint density at radius 2 is 1.92 bits per heavy atom. The van der Waals surface area contributed by atoms with Crippen molar-refractivity contribution in [3.63, 3.8) is 0 Å². The molecule has 2 rings (SSSR count). The van der Waals surface area contributed by atoms with Crippen LogP contribution in [0.5, 0.6) is 0 Å². The van der Waals surface area contributed by atoms with Crippen molar-refractivity contribution in [2.24, 2.45) is 4.99 Å². The van der Waals surface area contributed by atoms with E-state index in [-0.39, 0.29) is 0 Å². The van der Waals surface area contributed by atoms with Gasteiger partial charge in [-0.15, -0.1) is 0 Å². The Bertz CT molecular complexity index is 403. The molecule has 0 aromatic rings. The fourth-order valence-electron chi connectivity index (χ4n) is 3.65. The van der Waals surface area contributed by atoms with E-state index in [9.17, 15) is 0 Å². The van der Waals surface area contributed by atoms with Gasteiger partial charge in [0.05, 0.1) is 12.6 Å². The highest BCUT2D eigenvalue weighted by Crippen LogP contribution is 2.28. The van der Waals surface area contributed by atoms with E-state index in [4.69, 9.17) is 14.5 Å². The summed E-state index contributed by atoms with van der Waals surface area (Å²) in [7, 11) is 1.74. The molecule has 0 spiro atoms. The number of piperidine rings is 1. The van der Waals surface area contributed by atoms with Crippen molar-refractivity contribution in [1.29, 1.82) is 0 Å². The maximum atomic E-state index is 5.97. The fourth-order valence-corrected chi connectivity index (χ4v) is 3.65. The molecule has 1 heterocycles. The third-order valence-electron chi connectivity index (χ3n) is 5.22. The van der Waals surface area contributed by atoms with Crippen LogP contribution in [0.3, 0.4) is 0 Å². The molecule has 0 aromatic carbocycles. The van der Waals surface area contributed by atoms with Gasteiger partial charge in [0, 0.05) is 58.6 Å². The molecule has 1 N–H and O–H groups in total. The molecule has 6 nitrogen and oxygen atoms in total. The molecule has 0 amide bonds. The van der Waals surface area contributed by atoms with Gasteiger partial charge in [0.2, 0.25) is 0 Å². The minimum absolute atomic E-state index is 0.386. The number of guanidine groups is 1.